The Kier molecular flexibility index (Phi) is 2.32. The minimum Gasteiger partial charge on any atom is -0.373 e. The van der Waals surface area contributed by atoms with Crippen LogP contribution in [0, 0.1) is 0 Å². The van der Waals surface area contributed by atoms with E-state index in [0.717, 1.165) is 12.8 Å². The topological polar surface area (TPSA) is 36.9 Å². The summed E-state index contributed by atoms with van der Waals surface area (Å²) in [6.07, 6.45) is 1.70. The molecule has 0 aliphatic carbocycles. The summed E-state index contributed by atoms with van der Waals surface area (Å²) in [6.45, 7) is 3.72. The average Bonchev–Trinajstić information content (AvgIpc) is 2.47. The fourth-order valence-electron chi connectivity index (χ4n) is 1.82. The molecule has 0 N–H and O–H groups in total. The zero-order valence-corrected chi connectivity index (χ0v) is 8.17. The predicted molar refractivity (Wildman–Crippen MR) is 45.2 cm³/mol. The molecular formula is C9H16O4. The highest BCUT2D eigenvalue weighted by Gasteiger charge is 2.49. The highest BCUT2D eigenvalue weighted by atomic mass is 16.8. The Morgan fingerprint density at radius 3 is 2.62 bits per heavy atom. The van der Waals surface area contributed by atoms with Crippen LogP contribution in [-0.4, -0.2) is 38.5 Å². The van der Waals surface area contributed by atoms with Crippen molar-refractivity contribution in [3.8, 4) is 0 Å². The second-order valence-electron chi connectivity index (χ2n) is 3.75. The van der Waals surface area contributed by atoms with Crippen LogP contribution in [0.3, 0.4) is 0 Å². The monoisotopic (exact) mass is 188 g/mol. The minimum absolute atomic E-state index is 0.499. The second kappa shape index (κ2) is 3.20. The van der Waals surface area contributed by atoms with Gasteiger partial charge in [0.2, 0.25) is 0 Å². The van der Waals surface area contributed by atoms with Crippen molar-refractivity contribution in [2.45, 2.75) is 31.3 Å². The van der Waals surface area contributed by atoms with Crippen molar-refractivity contribution in [1.29, 1.82) is 0 Å². The van der Waals surface area contributed by atoms with E-state index in [-0.39, 0.29) is 0 Å². The maximum absolute atomic E-state index is 5.76. The highest BCUT2D eigenvalue weighted by Crippen LogP contribution is 2.40. The maximum atomic E-state index is 5.76. The van der Waals surface area contributed by atoms with Crippen molar-refractivity contribution in [1.82, 2.24) is 0 Å². The van der Waals surface area contributed by atoms with Gasteiger partial charge in [0.05, 0.1) is 13.2 Å². The molecule has 2 rings (SSSR count). The maximum Gasteiger partial charge on any atom is 0.195 e. The van der Waals surface area contributed by atoms with Gasteiger partial charge in [-0.05, 0) is 6.92 Å². The largest absolute Gasteiger partial charge is 0.373 e. The van der Waals surface area contributed by atoms with Crippen LogP contribution in [0.15, 0.2) is 0 Å². The molecule has 0 aromatic carbocycles. The Hall–Kier alpha value is -0.160. The van der Waals surface area contributed by atoms with E-state index < -0.39 is 11.6 Å². The Labute approximate surface area is 78.1 Å². The molecule has 0 aromatic heterocycles. The van der Waals surface area contributed by atoms with Gasteiger partial charge in [-0.15, -0.1) is 0 Å². The Balaban J connectivity index is 2.02. The van der Waals surface area contributed by atoms with Gasteiger partial charge in [0.25, 0.3) is 0 Å². The second-order valence-corrected chi connectivity index (χ2v) is 3.75. The van der Waals surface area contributed by atoms with Crippen molar-refractivity contribution in [2.24, 2.45) is 0 Å². The first-order valence-corrected chi connectivity index (χ1v) is 4.65. The number of methoxy groups -OCH3 is 1. The molecule has 0 bridgehead atoms. The molecule has 0 amide bonds. The smallest absolute Gasteiger partial charge is 0.195 e. The summed E-state index contributed by atoms with van der Waals surface area (Å²) in [6, 6.07) is 0. The molecule has 2 aliphatic rings. The van der Waals surface area contributed by atoms with Gasteiger partial charge in [-0.2, -0.15) is 0 Å². The van der Waals surface area contributed by atoms with Crippen LogP contribution in [-0.2, 0) is 18.9 Å². The molecule has 2 unspecified atom stereocenters. The van der Waals surface area contributed by atoms with Crippen molar-refractivity contribution < 1.29 is 18.9 Å². The molecule has 0 radical (unpaired) electrons. The van der Waals surface area contributed by atoms with Gasteiger partial charge in [-0.25, -0.2) is 0 Å². The quantitative estimate of drug-likeness (QED) is 0.612. The lowest BCUT2D eigenvalue weighted by Crippen LogP contribution is -2.45. The summed E-state index contributed by atoms with van der Waals surface area (Å²) in [5.74, 6) is -1.04. The summed E-state index contributed by atoms with van der Waals surface area (Å²) >= 11 is 0. The molecule has 2 fully saturated rings. The van der Waals surface area contributed by atoms with E-state index in [0.29, 0.717) is 19.8 Å². The number of rotatable bonds is 1. The zero-order chi connectivity index (χ0) is 9.36. The number of hydrogen-bond acceptors (Lipinski definition) is 4. The molecule has 13 heavy (non-hydrogen) atoms. The van der Waals surface area contributed by atoms with E-state index in [9.17, 15) is 0 Å². The fourth-order valence-corrected chi connectivity index (χ4v) is 1.82. The van der Waals surface area contributed by atoms with Crippen LogP contribution >= 0.6 is 0 Å². The molecular weight excluding hydrogens is 172 g/mol. The third kappa shape index (κ3) is 1.72. The van der Waals surface area contributed by atoms with Crippen LogP contribution in [0.4, 0.5) is 0 Å². The third-order valence-electron chi connectivity index (χ3n) is 2.71. The Bertz CT molecular complexity index is 188. The van der Waals surface area contributed by atoms with Gasteiger partial charge in [-0.3, -0.25) is 0 Å². The third-order valence-corrected chi connectivity index (χ3v) is 2.71. The van der Waals surface area contributed by atoms with Crippen LogP contribution < -0.4 is 0 Å². The first kappa shape index (κ1) is 9.40. The Morgan fingerprint density at radius 1 is 1.23 bits per heavy atom. The van der Waals surface area contributed by atoms with Crippen LogP contribution in [0.2, 0.25) is 0 Å². The van der Waals surface area contributed by atoms with Crippen molar-refractivity contribution in [3.63, 3.8) is 0 Å². The van der Waals surface area contributed by atoms with Crippen LogP contribution in [0.25, 0.3) is 0 Å². The summed E-state index contributed by atoms with van der Waals surface area (Å²) in [5, 5.41) is 0. The van der Waals surface area contributed by atoms with Gasteiger partial charge in [-0.1, -0.05) is 0 Å². The van der Waals surface area contributed by atoms with Crippen molar-refractivity contribution in [3.05, 3.63) is 0 Å². The van der Waals surface area contributed by atoms with Gasteiger partial charge >= 0.3 is 0 Å². The lowest BCUT2D eigenvalue weighted by molar-refractivity contribution is -0.338. The van der Waals surface area contributed by atoms with E-state index in [4.69, 9.17) is 18.9 Å². The van der Waals surface area contributed by atoms with Gasteiger partial charge in [0, 0.05) is 20.0 Å². The molecule has 4 nitrogen and oxygen atoms in total. The standard InChI is InChI=1S/C9H16O4/c1-8(10-2)3-4-9(13-8)7-11-5-6-12-9/h3-7H2,1-2H3. The first-order chi connectivity index (χ1) is 6.18. The Morgan fingerprint density at radius 2 is 2.08 bits per heavy atom. The lowest BCUT2D eigenvalue weighted by atomic mass is 10.1. The van der Waals surface area contributed by atoms with Crippen molar-refractivity contribution >= 4 is 0 Å². The summed E-state index contributed by atoms with van der Waals surface area (Å²) in [5.41, 5.74) is 0. The van der Waals surface area contributed by atoms with Crippen molar-refractivity contribution in [2.75, 3.05) is 26.9 Å². The molecule has 0 aromatic rings. The summed E-state index contributed by atoms with van der Waals surface area (Å²) < 4.78 is 22.0. The number of hydrogen-bond donors (Lipinski definition) is 0. The van der Waals surface area contributed by atoms with E-state index in [1.54, 1.807) is 7.11 Å². The molecule has 2 aliphatic heterocycles. The van der Waals surface area contributed by atoms with E-state index in [1.807, 2.05) is 6.92 Å². The van der Waals surface area contributed by atoms with E-state index in [2.05, 4.69) is 0 Å². The highest BCUT2D eigenvalue weighted by molar-refractivity contribution is 4.85. The molecule has 2 heterocycles. The van der Waals surface area contributed by atoms with E-state index >= 15 is 0 Å². The van der Waals surface area contributed by atoms with Crippen LogP contribution in [0.1, 0.15) is 19.8 Å². The normalized spacial score (nSPS) is 45.7. The predicted octanol–water partition coefficient (Wildman–Crippen LogP) is 0.903. The molecule has 76 valence electrons. The molecule has 2 saturated heterocycles. The molecule has 4 heteroatoms. The SMILES string of the molecule is COC1(C)CCC2(COCCO2)O1. The lowest BCUT2D eigenvalue weighted by Gasteiger charge is -2.34. The van der Waals surface area contributed by atoms with Crippen LogP contribution in [0.5, 0.6) is 0 Å². The molecule has 0 saturated carbocycles. The minimum atomic E-state index is -0.539. The van der Waals surface area contributed by atoms with Gasteiger partial charge in [0.1, 0.15) is 6.61 Å². The first-order valence-electron chi connectivity index (χ1n) is 4.65. The average molecular weight is 188 g/mol. The summed E-state index contributed by atoms with van der Waals surface area (Å²) in [4.78, 5) is 0. The fraction of sp³-hybridized carbons (Fsp3) is 1.00. The summed E-state index contributed by atoms with van der Waals surface area (Å²) in [7, 11) is 1.66. The van der Waals surface area contributed by atoms with Gasteiger partial charge in [0.15, 0.2) is 11.6 Å². The zero-order valence-electron chi connectivity index (χ0n) is 8.17. The van der Waals surface area contributed by atoms with E-state index in [1.165, 1.54) is 0 Å². The van der Waals surface area contributed by atoms with Gasteiger partial charge < -0.3 is 18.9 Å². The molecule has 2 atom stereocenters. The number of ether oxygens (including phenoxy) is 4. The molecule has 1 spiro atoms.